The van der Waals surface area contributed by atoms with Crippen molar-refractivity contribution in [1.29, 1.82) is 0 Å². The molecule has 3 aromatic carbocycles. The first-order valence-corrected chi connectivity index (χ1v) is 10.3. The Kier molecular flexibility index (Phi) is 6.21. The van der Waals surface area contributed by atoms with Crippen LogP contribution in [0.2, 0.25) is 0 Å². The Balaban J connectivity index is 2.03. The van der Waals surface area contributed by atoms with Crippen LogP contribution >= 0.6 is 0 Å². The van der Waals surface area contributed by atoms with Gasteiger partial charge >= 0.3 is 0 Å². The van der Waals surface area contributed by atoms with Gasteiger partial charge in [-0.3, -0.25) is 0 Å². The Hall–Kier alpha value is -3.20. The maximum absolute atomic E-state index is 9.76. The van der Waals surface area contributed by atoms with E-state index in [1.54, 1.807) is 36.4 Å². The SMILES string of the molecule is CC(=C(c1ccc(O)cc1)C(C)CC(C)(C)c1ccc(O)cc1)c1ccc(O)cc1. The molecule has 0 fully saturated rings. The zero-order valence-corrected chi connectivity index (χ0v) is 18.1. The van der Waals surface area contributed by atoms with Crippen LogP contribution in [0.3, 0.4) is 0 Å². The van der Waals surface area contributed by atoms with Crippen LogP contribution in [0.15, 0.2) is 72.8 Å². The van der Waals surface area contributed by atoms with Crippen molar-refractivity contribution in [2.24, 2.45) is 5.92 Å². The van der Waals surface area contributed by atoms with E-state index in [2.05, 4.69) is 27.7 Å². The van der Waals surface area contributed by atoms with Crippen LogP contribution in [-0.4, -0.2) is 15.3 Å². The molecule has 3 heteroatoms. The topological polar surface area (TPSA) is 60.7 Å². The maximum atomic E-state index is 9.76. The minimum atomic E-state index is -0.0927. The fourth-order valence-electron chi connectivity index (χ4n) is 4.28. The summed E-state index contributed by atoms with van der Waals surface area (Å²) < 4.78 is 0. The molecule has 0 saturated heterocycles. The second-order valence-corrected chi connectivity index (χ2v) is 8.67. The van der Waals surface area contributed by atoms with Crippen LogP contribution in [0.25, 0.3) is 11.1 Å². The summed E-state index contributed by atoms with van der Waals surface area (Å²) >= 11 is 0. The highest BCUT2D eigenvalue weighted by Gasteiger charge is 2.26. The largest absolute Gasteiger partial charge is 0.508 e. The fourth-order valence-corrected chi connectivity index (χ4v) is 4.28. The van der Waals surface area contributed by atoms with Crippen molar-refractivity contribution in [2.45, 2.75) is 39.5 Å². The number of phenols is 3. The predicted octanol–water partition coefficient (Wildman–Crippen LogP) is 6.74. The molecule has 3 nitrogen and oxygen atoms in total. The molecule has 0 bridgehead atoms. The van der Waals surface area contributed by atoms with E-state index in [1.165, 1.54) is 11.1 Å². The van der Waals surface area contributed by atoms with Crippen molar-refractivity contribution in [3.63, 3.8) is 0 Å². The lowest BCUT2D eigenvalue weighted by Crippen LogP contribution is -2.21. The summed E-state index contributed by atoms with van der Waals surface area (Å²) in [5.41, 5.74) is 5.59. The van der Waals surface area contributed by atoms with Gasteiger partial charge in [0, 0.05) is 0 Å². The van der Waals surface area contributed by atoms with E-state index < -0.39 is 0 Å². The predicted molar refractivity (Wildman–Crippen MR) is 124 cm³/mol. The number of allylic oxidation sites excluding steroid dienone is 2. The first kappa shape index (κ1) is 21.5. The average Bonchev–Trinajstić information content (AvgIpc) is 2.70. The highest BCUT2D eigenvalue weighted by atomic mass is 16.3. The maximum Gasteiger partial charge on any atom is 0.115 e. The van der Waals surface area contributed by atoms with Crippen molar-refractivity contribution in [2.75, 3.05) is 0 Å². The first-order chi connectivity index (χ1) is 14.2. The van der Waals surface area contributed by atoms with E-state index >= 15 is 0 Å². The third kappa shape index (κ3) is 4.85. The molecule has 0 saturated carbocycles. The van der Waals surface area contributed by atoms with E-state index in [9.17, 15) is 15.3 Å². The smallest absolute Gasteiger partial charge is 0.115 e. The average molecular weight is 403 g/mol. The minimum Gasteiger partial charge on any atom is -0.508 e. The molecular formula is C27H30O3. The van der Waals surface area contributed by atoms with Gasteiger partial charge in [0.05, 0.1) is 0 Å². The molecule has 0 aliphatic carbocycles. The molecule has 156 valence electrons. The third-order valence-electron chi connectivity index (χ3n) is 5.84. The number of aromatic hydroxyl groups is 3. The molecule has 30 heavy (non-hydrogen) atoms. The molecule has 0 amide bonds. The summed E-state index contributed by atoms with van der Waals surface area (Å²) in [5.74, 6) is 0.999. The van der Waals surface area contributed by atoms with Gasteiger partial charge in [0.15, 0.2) is 0 Å². The lowest BCUT2D eigenvalue weighted by molar-refractivity contribution is 0.428. The Labute approximate surface area is 179 Å². The summed E-state index contributed by atoms with van der Waals surface area (Å²) in [6.45, 7) is 8.79. The van der Waals surface area contributed by atoms with Gasteiger partial charge in [-0.25, -0.2) is 0 Å². The van der Waals surface area contributed by atoms with Crippen LogP contribution in [0, 0.1) is 5.92 Å². The Bertz CT molecular complexity index is 1010. The number of hydrogen-bond donors (Lipinski definition) is 3. The van der Waals surface area contributed by atoms with Gasteiger partial charge in [-0.05, 0) is 88.9 Å². The number of hydrogen-bond acceptors (Lipinski definition) is 3. The van der Waals surface area contributed by atoms with E-state index in [0.29, 0.717) is 0 Å². The zero-order chi connectivity index (χ0) is 21.9. The van der Waals surface area contributed by atoms with Gasteiger partial charge in [0.25, 0.3) is 0 Å². The monoisotopic (exact) mass is 402 g/mol. The number of benzene rings is 3. The summed E-state index contributed by atoms with van der Waals surface area (Å²) in [5, 5.41) is 29.1. The van der Waals surface area contributed by atoms with E-state index in [4.69, 9.17) is 0 Å². The van der Waals surface area contributed by atoms with Crippen LogP contribution in [-0.2, 0) is 5.41 Å². The van der Waals surface area contributed by atoms with Gasteiger partial charge in [-0.2, -0.15) is 0 Å². The summed E-state index contributed by atoms with van der Waals surface area (Å²) in [7, 11) is 0. The summed E-state index contributed by atoms with van der Waals surface area (Å²) in [4.78, 5) is 0. The second kappa shape index (κ2) is 8.66. The molecule has 3 aromatic rings. The number of rotatable bonds is 6. The molecule has 0 aliphatic heterocycles. The fraction of sp³-hybridized carbons (Fsp3) is 0.259. The molecule has 0 heterocycles. The summed E-state index contributed by atoms with van der Waals surface area (Å²) in [6, 6.07) is 22.1. The van der Waals surface area contributed by atoms with Crippen LogP contribution in [0.5, 0.6) is 17.2 Å². The molecule has 0 radical (unpaired) electrons. The summed E-state index contributed by atoms with van der Waals surface area (Å²) in [6.07, 6.45) is 0.906. The molecule has 0 aliphatic rings. The zero-order valence-electron chi connectivity index (χ0n) is 18.1. The van der Waals surface area contributed by atoms with Gasteiger partial charge in [0.1, 0.15) is 17.2 Å². The molecule has 0 spiro atoms. The van der Waals surface area contributed by atoms with Gasteiger partial charge in [-0.15, -0.1) is 0 Å². The van der Waals surface area contributed by atoms with E-state index in [-0.39, 0.29) is 28.6 Å². The van der Waals surface area contributed by atoms with Crippen LogP contribution in [0.1, 0.15) is 50.8 Å². The minimum absolute atomic E-state index is 0.0927. The molecule has 3 N–H and O–H groups in total. The standard InChI is InChI=1S/C27H30O3/c1-18(17-27(3,4)22-9-15-25(30)16-10-22)26(21-7-13-24(29)14-8-21)19(2)20-5-11-23(28)12-6-20/h5-16,18,28-30H,17H2,1-4H3. The van der Waals surface area contributed by atoms with Crippen molar-refractivity contribution < 1.29 is 15.3 Å². The van der Waals surface area contributed by atoms with E-state index in [0.717, 1.165) is 23.1 Å². The van der Waals surface area contributed by atoms with Crippen molar-refractivity contribution in [1.82, 2.24) is 0 Å². The van der Waals surface area contributed by atoms with Crippen molar-refractivity contribution in [3.8, 4) is 17.2 Å². The number of phenolic OH excluding ortho intramolecular Hbond substituents is 3. The highest BCUT2D eigenvalue weighted by Crippen LogP contribution is 2.40. The van der Waals surface area contributed by atoms with Gasteiger partial charge in [0.2, 0.25) is 0 Å². The van der Waals surface area contributed by atoms with Crippen molar-refractivity contribution >= 4 is 11.1 Å². The van der Waals surface area contributed by atoms with Crippen LogP contribution in [0.4, 0.5) is 0 Å². The normalized spacial score (nSPS) is 13.6. The Morgan fingerprint density at radius 1 is 0.700 bits per heavy atom. The van der Waals surface area contributed by atoms with Crippen molar-refractivity contribution in [3.05, 3.63) is 89.5 Å². The molecule has 0 aromatic heterocycles. The molecule has 1 atom stereocenters. The Morgan fingerprint density at radius 2 is 1.10 bits per heavy atom. The quantitative estimate of drug-likeness (QED) is 0.400. The lowest BCUT2D eigenvalue weighted by atomic mass is 9.73. The Morgan fingerprint density at radius 3 is 1.57 bits per heavy atom. The molecule has 1 unspecified atom stereocenters. The highest BCUT2D eigenvalue weighted by molar-refractivity contribution is 5.91. The molecule has 3 rings (SSSR count). The lowest BCUT2D eigenvalue weighted by Gasteiger charge is -2.31. The van der Waals surface area contributed by atoms with Gasteiger partial charge in [-0.1, -0.05) is 57.2 Å². The van der Waals surface area contributed by atoms with Crippen LogP contribution < -0.4 is 0 Å². The van der Waals surface area contributed by atoms with Gasteiger partial charge < -0.3 is 15.3 Å². The molecular weight excluding hydrogens is 372 g/mol. The second-order valence-electron chi connectivity index (χ2n) is 8.67. The third-order valence-corrected chi connectivity index (χ3v) is 5.84. The van der Waals surface area contributed by atoms with E-state index in [1.807, 2.05) is 36.4 Å². The first-order valence-electron chi connectivity index (χ1n) is 10.3.